The third-order valence-corrected chi connectivity index (χ3v) is 1.85. The predicted octanol–water partition coefficient (Wildman–Crippen LogP) is -0.0549. The minimum absolute atomic E-state index is 0.615. The van der Waals surface area contributed by atoms with Crippen molar-refractivity contribution in [1.82, 2.24) is 0 Å². The van der Waals surface area contributed by atoms with E-state index in [1.807, 2.05) is 34.8 Å². The molecule has 1 aliphatic heterocycles. The molecule has 0 atom stereocenters. The fourth-order valence-electron chi connectivity index (χ4n) is 1.29. The van der Waals surface area contributed by atoms with Crippen molar-refractivity contribution in [3.05, 3.63) is 24.3 Å². The number of nitrogens with two attached hydrogens (primary N) is 1. The number of anilines is 2. The summed E-state index contributed by atoms with van der Waals surface area (Å²) in [7, 11) is 0. The van der Waals surface area contributed by atoms with Gasteiger partial charge in [-0.1, -0.05) is 18.1 Å². The second-order valence-electron chi connectivity index (χ2n) is 2.62. The highest BCUT2D eigenvalue weighted by Crippen LogP contribution is 2.23. The number of hydrogen-bond donors (Lipinski definition) is 2. The molecule has 0 radical (unpaired) electrons. The first-order valence-electron chi connectivity index (χ1n) is 3.81. The van der Waals surface area contributed by atoms with Crippen LogP contribution < -0.4 is 16.0 Å². The minimum Gasteiger partial charge on any atom is -0.213 e. The summed E-state index contributed by atoms with van der Waals surface area (Å²) in [4.78, 5) is 0. The van der Waals surface area contributed by atoms with Gasteiger partial charge in [-0.2, -0.15) is 5.01 Å². The summed E-state index contributed by atoms with van der Waals surface area (Å²) >= 11 is 0. The molecule has 0 bridgehead atoms. The Morgan fingerprint density at radius 1 is 1.50 bits per heavy atom. The molecule has 0 saturated carbocycles. The van der Waals surface area contributed by atoms with Crippen LogP contribution in [0, 0.1) is 12.3 Å². The molecule has 0 saturated heterocycles. The van der Waals surface area contributed by atoms with Crippen LogP contribution in [-0.2, 0) is 0 Å². The van der Waals surface area contributed by atoms with Crippen LogP contribution in [0.25, 0.3) is 0 Å². The average molecular weight is 160 g/mol. The zero-order valence-electron chi connectivity index (χ0n) is 6.62. The maximum absolute atomic E-state index is 5.23. The van der Waals surface area contributed by atoms with Gasteiger partial charge >= 0.3 is 0 Å². The fourth-order valence-corrected chi connectivity index (χ4v) is 1.29. The van der Waals surface area contributed by atoms with Crippen molar-refractivity contribution in [3.8, 4) is 12.3 Å². The van der Waals surface area contributed by atoms with Gasteiger partial charge < -0.3 is 0 Å². The summed E-state index contributed by atoms with van der Waals surface area (Å²) in [6, 6.07) is 8.08. The molecule has 0 aliphatic carbocycles. The number of para-hydroxylation sites is 2. The second kappa shape index (κ2) is 2.76. The van der Waals surface area contributed by atoms with Gasteiger partial charge in [0.25, 0.3) is 0 Å². The van der Waals surface area contributed by atoms with E-state index in [2.05, 4.69) is 11.3 Å². The molecule has 3 nitrogen and oxygen atoms in total. The maximum atomic E-state index is 5.23. The number of fused-ring (bicyclic) bond motifs is 1. The predicted molar refractivity (Wildman–Crippen MR) is 48.2 cm³/mol. The molecule has 3 heteroatoms. The summed E-state index contributed by atoms with van der Waals surface area (Å²) < 4.78 is 0. The lowest BCUT2D eigenvalue weighted by Gasteiger charge is -2.08. The van der Waals surface area contributed by atoms with Gasteiger partial charge in [0.15, 0.2) is 0 Å². The van der Waals surface area contributed by atoms with E-state index in [4.69, 9.17) is 6.42 Å². The fraction of sp³-hybridized carbons (Fsp3) is 0.111. The molecule has 0 amide bonds. The first kappa shape index (κ1) is 7.01. The molecule has 12 heavy (non-hydrogen) atoms. The minimum atomic E-state index is 0.615. The lowest BCUT2D eigenvalue weighted by Crippen LogP contribution is -2.95. The van der Waals surface area contributed by atoms with E-state index in [0.717, 1.165) is 11.4 Å². The summed E-state index contributed by atoms with van der Waals surface area (Å²) in [6.45, 7) is 0.615. The zero-order valence-corrected chi connectivity index (χ0v) is 6.62. The number of hydrogen-bond acceptors (Lipinski definition) is 2. The molecule has 1 aliphatic rings. The zero-order chi connectivity index (χ0) is 8.39. The van der Waals surface area contributed by atoms with E-state index < -0.39 is 0 Å². The third kappa shape index (κ3) is 0.987. The van der Waals surface area contributed by atoms with Crippen LogP contribution in [0.15, 0.2) is 24.3 Å². The van der Waals surface area contributed by atoms with E-state index in [-0.39, 0.29) is 0 Å². The van der Waals surface area contributed by atoms with Crippen molar-refractivity contribution < 1.29 is 5.53 Å². The highest BCUT2D eigenvalue weighted by molar-refractivity contribution is 5.69. The molecule has 2 rings (SSSR count). The van der Waals surface area contributed by atoms with E-state index >= 15 is 0 Å². The van der Waals surface area contributed by atoms with Crippen molar-refractivity contribution in [2.45, 2.75) is 0 Å². The highest BCUT2D eigenvalue weighted by atomic mass is 15.7. The van der Waals surface area contributed by atoms with E-state index in [0.29, 0.717) is 6.54 Å². The van der Waals surface area contributed by atoms with Crippen molar-refractivity contribution in [2.75, 3.05) is 17.0 Å². The van der Waals surface area contributed by atoms with E-state index in [1.165, 1.54) is 0 Å². The van der Waals surface area contributed by atoms with Crippen LogP contribution in [0.5, 0.6) is 0 Å². The SMILES string of the molecule is C#CCN1[NH2+]Nc2ccccc21. The molecule has 0 fully saturated rings. The Bertz CT molecular complexity index is 327. The summed E-state index contributed by atoms with van der Waals surface area (Å²) in [6.07, 6.45) is 5.23. The Morgan fingerprint density at radius 3 is 3.17 bits per heavy atom. The van der Waals surface area contributed by atoms with Gasteiger partial charge in [-0.25, -0.2) is 5.43 Å². The molecular formula is C9H10N3+. The molecule has 1 heterocycles. The number of nitrogens with one attached hydrogen (secondary N) is 1. The second-order valence-corrected chi connectivity index (χ2v) is 2.62. The lowest BCUT2D eigenvalue weighted by atomic mass is 10.3. The lowest BCUT2D eigenvalue weighted by molar-refractivity contribution is -0.630. The third-order valence-electron chi connectivity index (χ3n) is 1.85. The van der Waals surface area contributed by atoms with Crippen LogP contribution in [0.4, 0.5) is 11.4 Å². The van der Waals surface area contributed by atoms with Gasteiger partial charge in [-0.05, 0) is 12.1 Å². The Kier molecular flexibility index (Phi) is 1.61. The number of quaternary nitrogens is 1. The Labute approximate surface area is 71.3 Å². The van der Waals surface area contributed by atoms with Crippen molar-refractivity contribution in [3.63, 3.8) is 0 Å². The number of nitrogens with zero attached hydrogens (tertiary/aromatic N) is 1. The molecule has 0 spiro atoms. The first-order chi connectivity index (χ1) is 5.92. The molecular weight excluding hydrogens is 150 g/mol. The molecule has 0 unspecified atom stereocenters. The van der Waals surface area contributed by atoms with Gasteiger partial charge in [0.05, 0.1) is 0 Å². The first-order valence-corrected chi connectivity index (χ1v) is 3.81. The van der Waals surface area contributed by atoms with E-state index in [9.17, 15) is 0 Å². The summed E-state index contributed by atoms with van der Waals surface area (Å²) in [5.74, 6) is 2.61. The topological polar surface area (TPSA) is 31.9 Å². The average Bonchev–Trinajstić information content (AvgIpc) is 2.50. The number of rotatable bonds is 1. The molecule has 60 valence electrons. The van der Waals surface area contributed by atoms with Crippen LogP contribution in [0.1, 0.15) is 0 Å². The Hall–Kier alpha value is -1.66. The number of terminal acetylenes is 1. The van der Waals surface area contributed by atoms with E-state index in [1.54, 1.807) is 0 Å². The Morgan fingerprint density at radius 2 is 2.33 bits per heavy atom. The van der Waals surface area contributed by atoms with Crippen molar-refractivity contribution in [2.24, 2.45) is 0 Å². The molecule has 1 aromatic rings. The quantitative estimate of drug-likeness (QED) is 0.446. The smallest absolute Gasteiger partial charge is 0.131 e. The van der Waals surface area contributed by atoms with Crippen LogP contribution in [-0.4, -0.2) is 6.54 Å². The van der Waals surface area contributed by atoms with Gasteiger partial charge in [-0.3, -0.25) is 0 Å². The van der Waals surface area contributed by atoms with Crippen LogP contribution in [0.3, 0.4) is 0 Å². The van der Waals surface area contributed by atoms with Crippen LogP contribution in [0.2, 0.25) is 0 Å². The standard InChI is InChI=1S/C9H9N3/c1-2-7-12-9-6-4-3-5-8(9)10-11-12/h1,3-6,10-11H,7H2/p+1. The summed E-state index contributed by atoms with van der Waals surface area (Å²) in [5, 5.41) is 2.01. The Balaban J connectivity index is 2.31. The van der Waals surface area contributed by atoms with Gasteiger partial charge in [0.2, 0.25) is 0 Å². The van der Waals surface area contributed by atoms with Gasteiger partial charge in [0, 0.05) is 0 Å². The summed E-state index contributed by atoms with van der Waals surface area (Å²) in [5.41, 5.74) is 7.30. The highest BCUT2D eigenvalue weighted by Gasteiger charge is 2.19. The normalized spacial score (nSPS) is 13.4. The van der Waals surface area contributed by atoms with Crippen LogP contribution >= 0.6 is 0 Å². The number of nitrogen functional groups attached to an aromatic ring is 1. The molecule has 1 aromatic carbocycles. The van der Waals surface area contributed by atoms with Gasteiger partial charge in [-0.15, -0.1) is 12.0 Å². The maximum Gasteiger partial charge on any atom is 0.131 e. The molecule has 0 aromatic heterocycles. The van der Waals surface area contributed by atoms with Crippen molar-refractivity contribution in [1.29, 1.82) is 0 Å². The monoisotopic (exact) mass is 160 g/mol. The van der Waals surface area contributed by atoms with Crippen molar-refractivity contribution >= 4 is 11.4 Å². The molecule has 3 N–H and O–H groups in total. The largest absolute Gasteiger partial charge is 0.213 e. The number of benzene rings is 1. The van der Waals surface area contributed by atoms with Gasteiger partial charge in [0.1, 0.15) is 17.9 Å².